The first-order chi connectivity index (χ1) is 11.1. The Morgan fingerprint density at radius 2 is 2.04 bits per heavy atom. The van der Waals surface area contributed by atoms with Gasteiger partial charge >= 0.3 is 0 Å². The van der Waals surface area contributed by atoms with Gasteiger partial charge in [-0.15, -0.1) is 11.3 Å². The van der Waals surface area contributed by atoms with Gasteiger partial charge in [-0.2, -0.15) is 0 Å². The van der Waals surface area contributed by atoms with Crippen molar-refractivity contribution in [1.29, 1.82) is 0 Å². The molecule has 0 radical (unpaired) electrons. The van der Waals surface area contributed by atoms with Gasteiger partial charge in [0.15, 0.2) is 0 Å². The van der Waals surface area contributed by atoms with E-state index in [1.165, 1.54) is 4.90 Å². The van der Waals surface area contributed by atoms with Gasteiger partial charge in [-0.05, 0) is 35.7 Å². The van der Waals surface area contributed by atoms with Gasteiger partial charge in [0.25, 0.3) is 5.91 Å². The van der Waals surface area contributed by atoms with Crippen molar-refractivity contribution in [3.63, 3.8) is 0 Å². The molecule has 0 saturated heterocycles. The first-order valence-corrected chi connectivity index (χ1v) is 7.94. The van der Waals surface area contributed by atoms with Crippen LogP contribution in [-0.4, -0.2) is 29.9 Å². The maximum atomic E-state index is 11.8. The van der Waals surface area contributed by atoms with Crippen LogP contribution in [0.1, 0.15) is 16.1 Å². The van der Waals surface area contributed by atoms with Crippen molar-refractivity contribution in [2.75, 3.05) is 14.1 Å². The highest BCUT2D eigenvalue weighted by atomic mass is 32.1. The Kier molecular flexibility index (Phi) is 4.43. The number of carbonyl (C=O) groups excluding carboxylic acids is 1. The van der Waals surface area contributed by atoms with Crippen molar-refractivity contribution < 1.29 is 13.9 Å². The first kappa shape index (κ1) is 15.3. The molecule has 6 heteroatoms. The number of ether oxygens (including phenoxy) is 1. The molecule has 118 valence electrons. The van der Waals surface area contributed by atoms with Crippen LogP contribution in [0.25, 0.3) is 10.8 Å². The quantitative estimate of drug-likeness (QED) is 0.717. The van der Waals surface area contributed by atoms with Crippen LogP contribution in [0.15, 0.2) is 52.5 Å². The molecule has 3 rings (SSSR count). The van der Waals surface area contributed by atoms with Crippen molar-refractivity contribution in [3.8, 4) is 16.5 Å². The molecule has 0 spiro atoms. The maximum absolute atomic E-state index is 11.8. The molecule has 0 saturated carbocycles. The van der Waals surface area contributed by atoms with Gasteiger partial charge in [-0.1, -0.05) is 6.07 Å². The van der Waals surface area contributed by atoms with Gasteiger partial charge in [-0.3, -0.25) is 4.79 Å². The summed E-state index contributed by atoms with van der Waals surface area (Å²) in [5.41, 5.74) is 1.35. The minimum absolute atomic E-state index is 0.0337. The van der Waals surface area contributed by atoms with Crippen LogP contribution in [0.2, 0.25) is 0 Å². The number of oxazole rings is 1. The zero-order valence-electron chi connectivity index (χ0n) is 12.9. The summed E-state index contributed by atoms with van der Waals surface area (Å²) < 4.78 is 11.1. The highest BCUT2D eigenvalue weighted by Gasteiger charge is 2.09. The lowest BCUT2D eigenvalue weighted by Gasteiger charge is -2.10. The average molecular weight is 328 g/mol. The largest absolute Gasteiger partial charge is 0.487 e. The average Bonchev–Trinajstić information content (AvgIpc) is 3.23. The van der Waals surface area contributed by atoms with Crippen LogP contribution in [0.5, 0.6) is 5.75 Å². The SMILES string of the molecule is CN(C)C(=O)c1ccc(OCc2coc(-c3cccs3)n2)cc1. The Bertz CT molecular complexity index is 777. The predicted molar refractivity (Wildman–Crippen MR) is 88.6 cm³/mol. The molecule has 0 aliphatic carbocycles. The van der Waals surface area contributed by atoms with Crippen LogP contribution < -0.4 is 4.74 Å². The first-order valence-electron chi connectivity index (χ1n) is 7.06. The fourth-order valence-corrected chi connectivity index (χ4v) is 2.65. The number of nitrogens with zero attached hydrogens (tertiary/aromatic N) is 2. The summed E-state index contributed by atoms with van der Waals surface area (Å²) >= 11 is 1.58. The second-order valence-electron chi connectivity index (χ2n) is 5.13. The van der Waals surface area contributed by atoms with E-state index in [0.717, 1.165) is 10.6 Å². The van der Waals surface area contributed by atoms with Crippen molar-refractivity contribution in [2.45, 2.75) is 6.61 Å². The highest BCUT2D eigenvalue weighted by molar-refractivity contribution is 7.13. The van der Waals surface area contributed by atoms with Gasteiger partial charge in [0.05, 0.1) is 4.88 Å². The summed E-state index contributed by atoms with van der Waals surface area (Å²) in [6.07, 6.45) is 1.60. The van der Waals surface area contributed by atoms with Crippen LogP contribution in [-0.2, 0) is 6.61 Å². The number of carbonyl (C=O) groups is 1. The molecule has 3 aromatic rings. The van der Waals surface area contributed by atoms with E-state index in [2.05, 4.69) is 4.98 Å². The number of thiophene rings is 1. The summed E-state index contributed by atoms with van der Waals surface area (Å²) in [7, 11) is 3.45. The summed E-state index contributed by atoms with van der Waals surface area (Å²) in [6, 6.07) is 11.0. The fourth-order valence-electron chi connectivity index (χ4n) is 2.00. The predicted octanol–water partition coefficient (Wildman–Crippen LogP) is 3.68. The van der Waals surface area contributed by atoms with E-state index in [0.29, 0.717) is 23.8 Å². The van der Waals surface area contributed by atoms with Crippen LogP contribution in [0, 0.1) is 0 Å². The second kappa shape index (κ2) is 6.66. The molecule has 0 atom stereocenters. The molecule has 1 aromatic carbocycles. The van der Waals surface area contributed by atoms with E-state index in [-0.39, 0.29) is 5.91 Å². The molecule has 2 aromatic heterocycles. The summed E-state index contributed by atoms with van der Waals surface area (Å²) in [5, 5.41) is 1.98. The number of aromatic nitrogens is 1. The standard InChI is InChI=1S/C17H16N2O3S/c1-19(2)17(20)12-5-7-14(8-6-12)21-10-13-11-22-16(18-13)15-4-3-9-23-15/h3-9,11H,10H2,1-2H3. The van der Waals surface area contributed by atoms with Crippen molar-refractivity contribution in [1.82, 2.24) is 9.88 Å². The number of benzene rings is 1. The lowest BCUT2D eigenvalue weighted by molar-refractivity contribution is 0.0827. The minimum atomic E-state index is -0.0337. The molecule has 0 aliphatic heterocycles. The third-order valence-corrected chi connectivity index (χ3v) is 4.04. The maximum Gasteiger partial charge on any atom is 0.253 e. The van der Waals surface area contributed by atoms with E-state index in [1.54, 1.807) is 56.0 Å². The Hall–Kier alpha value is -2.60. The molecule has 0 aliphatic rings. The number of hydrogen-bond acceptors (Lipinski definition) is 5. The highest BCUT2D eigenvalue weighted by Crippen LogP contribution is 2.24. The molecule has 23 heavy (non-hydrogen) atoms. The lowest BCUT2D eigenvalue weighted by Crippen LogP contribution is -2.21. The van der Waals surface area contributed by atoms with Crippen molar-refractivity contribution in [2.24, 2.45) is 0 Å². The Balaban J connectivity index is 1.61. The van der Waals surface area contributed by atoms with Gasteiger partial charge in [-0.25, -0.2) is 4.98 Å². The molecule has 0 N–H and O–H groups in total. The summed E-state index contributed by atoms with van der Waals surface area (Å²) in [4.78, 5) is 18.7. The van der Waals surface area contributed by atoms with Crippen molar-refractivity contribution in [3.05, 3.63) is 59.3 Å². The van der Waals surface area contributed by atoms with Gasteiger partial charge < -0.3 is 14.1 Å². The monoisotopic (exact) mass is 328 g/mol. The molecule has 0 bridgehead atoms. The normalized spacial score (nSPS) is 10.5. The van der Waals surface area contributed by atoms with Crippen LogP contribution in [0.3, 0.4) is 0 Å². The Morgan fingerprint density at radius 3 is 2.70 bits per heavy atom. The van der Waals surface area contributed by atoms with E-state index >= 15 is 0 Å². The van der Waals surface area contributed by atoms with E-state index in [9.17, 15) is 4.79 Å². The molecule has 0 unspecified atom stereocenters. The summed E-state index contributed by atoms with van der Waals surface area (Å²) in [5.74, 6) is 1.25. The van der Waals surface area contributed by atoms with E-state index in [1.807, 2.05) is 17.5 Å². The van der Waals surface area contributed by atoms with Crippen LogP contribution >= 0.6 is 11.3 Å². The zero-order valence-corrected chi connectivity index (χ0v) is 13.7. The van der Waals surface area contributed by atoms with Gasteiger partial charge in [0.1, 0.15) is 24.3 Å². The van der Waals surface area contributed by atoms with Crippen LogP contribution in [0.4, 0.5) is 0 Å². The Labute approximate surface area is 138 Å². The topological polar surface area (TPSA) is 55.6 Å². The molecule has 0 fully saturated rings. The van der Waals surface area contributed by atoms with E-state index in [4.69, 9.17) is 9.15 Å². The lowest BCUT2D eigenvalue weighted by atomic mass is 10.2. The van der Waals surface area contributed by atoms with Crippen molar-refractivity contribution >= 4 is 17.2 Å². The van der Waals surface area contributed by atoms with E-state index < -0.39 is 0 Å². The fraction of sp³-hybridized carbons (Fsp3) is 0.176. The Morgan fingerprint density at radius 1 is 1.26 bits per heavy atom. The molecular weight excluding hydrogens is 312 g/mol. The summed E-state index contributed by atoms with van der Waals surface area (Å²) in [6.45, 7) is 0.315. The molecular formula is C17H16N2O3S. The smallest absolute Gasteiger partial charge is 0.253 e. The third kappa shape index (κ3) is 3.60. The number of rotatable bonds is 5. The third-order valence-electron chi connectivity index (χ3n) is 3.18. The minimum Gasteiger partial charge on any atom is -0.487 e. The molecule has 2 heterocycles. The zero-order chi connectivity index (χ0) is 16.2. The molecule has 1 amide bonds. The van der Waals surface area contributed by atoms with Gasteiger partial charge in [0.2, 0.25) is 5.89 Å². The number of amides is 1. The molecule has 5 nitrogen and oxygen atoms in total. The second-order valence-corrected chi connectivity index (χ2v) is 6.08. The number of hydrogen-bond donors (Lipinski definition) is 0. The van der Waals surface area contributed by atoms with Gasteiger partial charge in [0, 0.05) is 19.7 Å².